The van der Waals surface area contributed by atoms with Gasteiger partial charge in [-0.05, 0) is 44.0 Å². The number of imidazole rings is 1. The molecule has 1 aromatic carbocycles. The van der Waals surface area contributed by atoms with Crippen molar-refractivity contribution in [2.45, 2.75) is 27.2 Å². The number of thiophene rings is 1. The van der Waals surface area contributed by atoms with Crippen LogP contribution in [0.1, 0.15) is 46.0 Å². The van der Waals surface area contributed by atoms with E-state index in [0.717, 1.165) is 33.9 Å². The number of anilines is 1. The molecule has 4 rings (SSSR count). The van der Waals surface area contributed by atoms with Gasteiger partial charge in [-0.15, -0.1) is 11.3 Å². The van der Waals surface area contributed by atoms with Crippen LogP contribution in [-0.4, -0.2) is 27.9 Å². The highest BCUT2D eigenvalue weighted by atomic mass is 32.1. The molecular formula is C24H23N3O3S. The van der Waals surface area contributed by atoms with Crippen molar-refractivity contribution in [3.8, 4) is 10.4 Å². The standard InChI is InChI=1S/C24H23N3O3S/c1-4-19-15(3)27-14-17(11-12-21(27)25-19)22(28)26-23-18(24(29)30-5-2)13-20(31-23)16-9-7-6-8-10-16/h6-14H,4-5H2,1-3H3,(H,26,28). The number of rotatable bonds is 6. The van der Waals surface area contributed by atoms with Gasteiger partial charge in [0, 0.05) is 16.8 Å². The van der Waals surface area contributed by atoms with Crippen molar-refractivity contribution in [2.24, 2.45) is 0 Å². The zero-order valence-corrected chi connectivity index (χ0v) is 18.5. The average molecular weight is 434 g/mol. The van der Waals surface area contributed by atoms with Crippen molar-refractivity contribution in [1.82, 2.24) is 9.38 Å². The van der Waals surface area contributed by atoms with E-state index in [4.69, 9.17) is 4.74 Å². The van der Waals surface area contributed by atoms with Crippen molar-refractivity contribution in [2.75, 3.05) is 11.9 Å². The third-order valence-corrected chi connectivity index (χ3v) is 6.16. The summed E-state index contributed by atoms with van der Waals surface area (Å²) in [5.74, 6) is -0.746. The molecule has 0 saturated heterocycles. The third kappa shape index (κ3) is 4.09. The predicted molar refractivity (Wildman–Crippen MR) is 123 cm³/mol. The van der Waals surface area contributed by atoms with Crippen LogP contribution in [0.3, 0.4) is 0 Å². The van der Waals surface area contributed by atoms with Crippen molar-refractivity contribution in [3.63, 3.8) is 0 Å². The molecule has 1 amide bonds. The number of nitrogens with one attached hydrogen (secondary N) is 1. The second kappa shape index (κ2) is 8.73. The zero-order chi connectivity index (χ0) is 22.0. The fourth-order valence-electron chi connectivity index (χ4n) is 3.44. The van der Waals surface area contributed by atoms with Gasteiger partial charge < -0.3 is 14.5 Å². The summed E-state index contributed by atoms with van der Waals surface area (Å²) in [5, 5.41) is 3.38. The van der Waals surface area contributed by atoms with Gasteiger partial charge >= 0.3 is 5.97 Å². The maximum absolute atomic E-state index is 13.0. The Morgan fingerprint density at radius 2 is 1.90 bits per heavy atom. The van der Waals surface area contributed by atoms with E-state index in [1.807, 2.05) is 47.7 Å². The van der Waals surface area contributed by atoms with E-state index in [2.05, 4.69) is 17.2 Å². The number of ether oxygens (including phenoxy) is 1. The molecule has 0 spiro atoms. The number of benzene rings is 1. The Morgan fingerprint density at radius 3 is 2.61 bits per heavy atom. The minimum absolute atomic E-state index is 0.263. The Hall–Kier alpha value is -3.45. The van der Waals surface area contributed by atoms with Crippen LogP contribution in [0.5, 0.6) is 0 Å². The summed E-state index contributed by atoms with van der Waals surface area (Å²) in [4.78, 5) is 31.0. The van der Waals surface area contributed by atoms with Crippen LogP contribution in [0.2, 0.25) is 0 Å². The van der Waals surface area contributed by atoms with Crippen LogP contribution in [0, 0.1) is 6.92 Å². The number of nitrogens with zero attached hydrogens (tertiary/aromatic N) is 2. The van der Waals surface area contributed by atoms with E-state index < -0.39 is 5.97 Å². The third-order valence-electron chi connectivity index (χ3n) is 5.07. The van der Waals surface area contributed by atoms with Crippen molar-refractivity contribution in [1.29, 1.82) is 0 Å². The number of amides is 1. The molecule has 1 N–H and O–H groups in total. The average Bonchev–Trinajstić information content (AvgIpc) is 3.35. The molecule has 158 valence electrons. The molecule has 0 radical (unpaired) electrons. The van der Waals surface area contributed by atoms with Crippen LogP contribution in [0.15, 0.2) is 54.7 Å². The summed E-state index contributed by atoms with van der Waals surface area (Å²) in [6.45, 7) is 6.07. The summed E-state index contributed by atoms with van der Waals surface area (Å²) in [7, 11) is 0. The van der Waals surface area contributed by atoms with Gasteiger partial charge in [-0.3, -0.25) is 4.79 Å². The fraction of sp³-hybridized carbons (Fsp3) is 0.208. The number of fused-ring (bicyclic) bond motifs is 1. The van der Waals surface area contributed by atoms with E-state index >= 15 is 0 Å². The van der Waals surface area contributed by atoms with E-state index in [9.17, 15) is 9.59 Å². The number of esters is 1. The van der Waals surface area contributed by atoms with Gasteiger partial charge in [0.15, 0.2) is 0 Å². The van der Waals surface area contributed by atoms with Gasteiger partial charge in [0.05, 0.1) is 23.4 Å². The number of aryl methyl sites for hydroxylation is 2. The van der Waals surface area contributed by atoms with Gasteiger partial charge in [-0.25, -0.2) is 9.78 Å². The highest BCUT2D eigenvalue weighted by molar-refractivity contribution is 7.20. The number of hydrogen-bond acceptors (Lipinski definition) is 5. The summed E-state index contributed by atoms with van der Waals surface area (Å²) in [6, 6.07) is 15.1. The van der Waals surface area contributed by atoms with Crippen molar-refractivity contribution in [3.05, 3.63) is 77.2 Å². The van der Waals surface area contributed by atoms with Crippen LogP contribution in [-0.2, 0) is 11.2 Å². The number of carbonyl (C=O) groups is 2. The Kier molecular flexibility index (Phi) is 5.86. The molecular weight excluding hydrogens is 410 g/mol. The normalized spacial score (nSPS) is 10.9. The van der Waals surface area contributed by atoms with Crippen molar-refractivity contribution < 1.29 is 14.3 Å². The Bertz CT molecular complexity index is 1260. The van der Waals surface area contributed by atoms with Gasteiger partial charge in [0.1, 0.15) is 10.6 Å². The van der Waals surface area contributed by atoms with E-state index in [-0.39, 0.29) is 12.5 Å². The molecule has 7 heteroatoms. The molecule has 0 bridgehead atoms. The lowest BCUT2D eigenvalue weighted by Crippen LogP contribution is -2.14. The first-order valence-electron chi connectivity index (χ1n) is 10.2. The zero-order valence-electron chi connectivity index (χ0n) is 17.6. The molecule has 4 aromatic rings. The van der Waals surface area contributed by atoms with E-state index in [0.29, 0.717) is 16.1 Å². The molecule has 3 aromatic heterocycles. The molecule has 0 aliphatic rings. The minimum Gasteiger partial charge on any atom is -0.462 e. The molecule has 31 heavy (non-hydrogen) atoms. The lowest BCUT2D eigenvalue weighted by molar-refractivity contribution is 0.0528. The topological polar surface area (TPSA) is 72.7 Å². The second-order valence-corrected chi connectivity index (χ2v) is 8.09. The lowest BCUT2D eigenvalue weighted by atomic mass is 10.1. The number of aromatic nitrogens is 2. The maximum atomic E-state index is 13.0. The fourth-order valence-corrected chi connectivity index (χ4v) is 4.49. The molecule has 0 unspecified atom stereocenters. The smallest absolute Gasteiger partial charge is 0.341 e. The monoisotopic (exact) mass is 433 g/mol. The van der Waals surface area contributed by atoms with E-state index in [1.54, 1.807) is 25.3 Å². The molecule has 3 heterocycles. The van der Waals surface area contributed by atoms with Gasteiger partial charge in [0.2, 0.25) is 0 Å². The van der Waals surface area contributed by atoms with Gasteiger partial charge in [-0.1, -0.05) is 37.3 Å². The van der Waals surface area contributed by atoms with Crippen LogP contribution in [0.4, 0.5) is 5.00 Å². The molecule has 0 aliphatic carbocycles. The van der Waals surface area contributed by atoms with Crippen LogP contribution < -0.4 is 5.32 Å². The Labute approximate surface area is 184 Å². The van der Waals surface area contributed by atoms with E-state index in [1.165, 1.54) is 11.3 Å². The van der Waals surface area contributed by atoms with Crippen LogP contribution >= 0.6 is 11.3 Å². The first-order valence-corrected chi connectivity index (χ1v) is 11.0. The highest BCUT2D eigenvalue weighted by Gasteiger charge is 2.21. The molecule has 6 nitrogen and oxygen atoms in total. The number of hydrogen-bond donors (Lipinski definition) is 1. The minimum atomic E-state index is -0.454. The molecule has 0 aliphatic heterocycles. The summed E-state index contributed by atoms with van der Waals surface area (Å²) < 4.78 is 7.12. The summed E-state index contributed by atoms with van der Waals surface area (Å²) >= 11 is 1.35. The summed E-state index contributed by atoms with van der Waals surface area (Å²) in [5.41, 5.74) is 4.64. The maximum Gasteiger partial charge on any atom is 0.341 e. The number of pyridine rings is 1. The molecule has 0 saturated carbocycles. The Balaban J connectivity index is 1.68. The summed E-state index contributed by atoms with van der Waals surface area (Å²) in [6.07, 6.45) is 2.61. The first-order chi connectivity index (χ1) is 15.0. The largest absolute Gasteiger partial charge is 0.462 e. The quantitative estimate of drug-likeness (QED) is 0.415. The highest BCUT2D eigenvalue weighted by Crippen LogP contribution is 2.36. The first kappa shape index (κ1) is 20.8. The van der Waals surface area contributed by atoms with Gasteiger partial charge in [-0.2, -0.15) is 0 Å². The Morgan fingerprint density at radius 1 is 1.13 bits per heavy atom. The van der Waals surface area contributed by atoms with Gasteiger partial charge in [0.25, 0.3) is 5.91 Å². The lowest BCUT2D eigenvalue weighted by Gasteiger charge is -2.07. The van der Waals surface area contributed by atoms with Crippen molar-refractivity contribution >= 4 is 33.9 Å². The predicted octanol–water partition coefficient (Wildman–Crippen LogP) is 5.36. The van der Waals surface area contributed by atoms with Crippen LogP contribution in [0.25, 0.3) is 16.1 Å². The number of carbonyl (C=O) groups excluding carboxylic acids is 2. The molecule has 0 fully saturated rings. The molecule has 0 atom stereocenters. The SMILES string of the molecule is CCOC(=O)c1cc(-c2ccccc2)sc1NC(=O)c1ccc2nc(CC)c(C)n2c1. The second-order valence-electron chi connectivity index (χ2n) is 7.04.